The summed E-state index contributed by atoms with van der Waals surface area (Å²) in [5.41, 5.74) is 4.24. The molecular weight excluding hydrogens is 378 g/mol. The van der Waals surface area contributed by atoms with E-state index < -0.39 is 6.08 Å². The van der Waals surface area contributed by atoms with E-state index in [1.165, 1.54) is 12.1 Å². The number of halogens is 2. The molecule has 0 saturated carbocycles. The molecule has 0 saturated heterocycles. The SMILES string of the molecule is Cc1cc(-c2ccc(O)cc2)c(C)c(O)c1-c1ccc(OCC=C(F)F)c(O)c1. The van der Waals surface area contributed by atoms with Crippen molar-refractivity contribution in [2.45, 2.75) is 13.8 Å². The number of ether oxygens (including phenoxy) is 1. The van der Waals surface area contributed by atoms with Gasteiger partial charge in [0.1, 0.15) is 18.1 Å². The molecule has 0 atom stereocenters. The molecule has 3 aromatic carbocycles. The molecule has 4 nitrogen and oxygen atoms in total. The highest BCUT2D eigenvalue weighted by atomic mass is 19.3. The van der Waals surface area contributed by atoms with Crippen molar-refractivity contribution in [3.05, 3.63) is 71.8 Å². The van der Waals surface area contributed by atoms with Crippen molar-refractivity contribution in [2.75, 3.05) is 6.61 Å². The largest absolute Gasteiger partial charge is 0.508 e. The minimum Gasteiger partial charge on any atom is -0.508 e. The number of benzene rings is 3. The number of rotatable bonds is 5. The molecule has 0 bridgehead atoms. The smallest absolute Gasteiger partial charge is 0.269 e. The van der Waals surface area contributed by atoms with Crippen molar-refractivity contribution < 1.29 is 28.8 Å². The second-order valence-corrected chi connectivity index (χ2v) is 6.62. The highest BCUT2D eigenvalue weighted by Gasteiger charge is 2.17. The van der Waals surface area contributed by atoms with Gasteiger partial charge in [0.15, 0.2) is 11.5 Å². The fraction of sp³-hybridized carbons (Fsp3) is 0.130. The van der Waals surface area contributed by atoms with Gasteiger partial charge in [-0.05, 0) is 65.9 Å². The van der Waals surface area contributed by atoms with Crippen LogP contribution < -0.4 is 4.74 Å². The first-order valence-electron chi connectivity index (χ1n) is 8.88. The van der Waals surface area contributed by atoms with Crippen LogP contribution in [0, 0.1) is 13.8 Å². The average Bonchev–Trinajstić information content (AvgIpc) is 2.67. The molecular formula is C23H20F2O4. The van der Waals surface area contributed by atoms with Crippen LogP contribution in [-0.4, -0.2) is 21.9 Å². The fourth-order valence-electron chi connectivity index (χ4n) is 3.19. The number of phenols is 3. The zero-order chi connectivity index (χ0) is 21.1. The van der Waals surface area contributed by atoms with E-state index in [0.717, 1.165) is 16.7 Å². The van der Waals surface area contributed by atoms with Gasteiger partial charge in [-0.15, -0.1) is 0 Å². The van der Waals surface area contributed by atoms with Crippen LogP contribution in [0.15, 0.2) is 60.7 Å². The first-order chi connectivity index (χ1) is 13.8. The van der Waals surface area contributed by atoms with Crippen molar-refractivity contribution in [3.63, 3.8) is 0 Å². The van der Waals surface area contributed by atoms with Crippen molar-refractivity contribution in [3.8, 4) is 45.3 Å². The Morgan fingerprint density at radius 1 is 0.931 bits per heavy atom. The van der Waals surface area contributed by atoms with Gasteiger partial charge in [0, 0.05) is 11.6 Å². The van der Waals surface area contributed by atoms with Crippen molar-refractivity contribution in [1.82, 2.24) is 0 Å². The number of phenolic OH excluding ortho intramolecular Hbond substituents is 3. The molecule has 0 aliphatic rings. The maximum Gasteiger partial charge on any atom is 0.269 e. The van der Waals surface area contributed by atoms with E-state index in [9.17, 15) is 24.1 Å². The van der Waals surface area contributed by atoms with E-state index in [0.29, 0.717) is 22.8 Å². The van der Waals surface area contributed by atoms with Gasteiger partial charge in [-0.3, -0.25) is 0 Å². The summed E-state index contributed by atoms with van der Waals surface area (Å²) in [5, 5.41) is 30.5. The predicted molar refractivity (Wildman–Crippen MR) is 108 cm³/mol. The number of hydrogen-bond acceptors (Lipinski definition) is 4. The monoisotopic (exact) mass is 398 g/mol. The Bertz CT molecular complexity index is 1070. The highest BCUT2D eigenvalue weighted by Crippen LogP contribution is 2.42. The zero-order valence-electron chi connectivity index (χ0n) is 15.9. The van der Waals surface area contributed by atoms with Gasteiger partial charge in [0.2, 0.25) is 0 Å². The number of hydrogen-bond donors (Lipinski definition) is 3. The lowest BCUT2D eigenvalue weighted by Gasteiger charge is -2.17. The zero-order valence-corrected chi connectivity index (χ0v) is 15.9. The molecule has 0 aromatic heterocycles. The van der Waals surface area contributed by atoms with Gasteiger partial charge in [-0.1, -0.05) is 24.3 Å². The molecule has 0 fully saturated rings. The second kappa shape index (κ2) is 8.22. The lowest BCUT2D eigenvalue weighted by molar-refractivity contribution is 0.324. The lowest BCUT2D eigenvalue weighted by Crippen LogP contribution is -1.95. The Kier molecular flexibility index (Phi) is 5.73. The molecule has 0 aliphatic carbocycles. The van der Waals surface area contributed by atoms with E-state index in [1.54, 1.807) is 37.3 Å². The molecule has 0 amide bonds. The van der Waals surface area contributed by atoms with E-state index >= 15 is 0 Å². The summed E-state index contributed by atoms with van der Waals surface area (Å²) in [4.78, 5) is 0. The van der Waals surface area contributed by atoms with E-state index in [1.807, 2.05) is 13.0 Å². The Labute approximate surface area is 167 Å². The minimum atomic E-state index is -1.86. The standard InChI is InChI=1S/C23H20F2O4/c1-13-11-18(15-3-6-17(26)7-4-15)14(2)23(28)22(13)16-5-8-20(19(27)12-16)29-10-9-21(24)25/h3-9,11-12,26-28H,10H2,1-2H3. The molecule has 150 valence electrons. The van der Waals surface area contributed by atoms with E-state index in [-0.39, 0.29) is 29.6 Å². The first kappa shape index (κ1) is 20.2. The first-order valence-corrected chi connectivity index (χ1v) is 8.88. The van der Waals surface area contributed by atoms with Crippen molar-refractivity contribution >= 4 is 0 Å². The highest BCUT2D eigenvalue weighted by molar-refractivity contribution is 5.83. The molecule has 3 N–H and O–H groups in total. The number of aryl methyl sites for hydroxylation is 1. The normalized spacial score (nSPS) is 10.6. The maximum atomic E-state index is 12.1. The van der Waals surface area contributed by atoms with E-state index in [2.05, 4.69) is 0 Å². The van der Waals surface area contributed by atoms with Crippen LogP contribution >= 0.6 is 0 Å². The molecule has 6 heteroatoms. The Balaban J connectivity index is 1.99. The predicted octanol–water partition coefficient (Wildman–Crippen LogP) is 5.91. The van der Waals surface area contributed by atoms with Crippen LogP contribution in [0.5, 0.6) is 23.0 Å². The van der Waals surface area contributed by atoms with Gasteiger partial charge < -0.3 is 20.1 Å². The third-order valence-corrected chi connectivity index (χ3v) is 4.65. The quantitative estimate of drug-likeness (QED) is 0.499. The molecule has 0 unspecified atom stereocenters. The molecule has 29 heavy (non-hydrogen) atoms. The number of aromatic hydroxyl groups is 3. The van der Waals surface area contributed by atoms with Crippen molar-refractivity contribution in [1.29, 1.82) is 0 Å². The van der Waals surface area contributed by atoms with Gasteiger partial charge in [-0.25, -0.2) is 0 Å². The molecule has 0 radical (unpaired) electrons. The maximum absolute atomic E-state index is 12.1. The molecule has 0 heterocycles. The second-order valence-electron chi connectivity index (χ2n) is 6.62. The third-order valence-electron chi connectivity index (χ3n) is 4.65. The molecule has 3 aromatic rings. The van der Waals surface area contributed by atoms with Crippen LogP contribution in [-0.2, 0) is 0 Å². The lowest BCUT2D eigenvalue weighted by atomic mass is 9.90. The summed E-state index contributed by atoms with van der Waals surface area (Å²) < 4.78 is 29.3. The van der Waals surface area contributed by atoms with Gasteiger partial charge in [0.25, 0.3) is 6.08 Å². The fourth-order valence-corrected chi connectivity index (χ4v) is 3.19. The summed E-state index contributed by atoms with van der Waals surface area (Å²) in [6.45, 7) is 3.27. The van der Waals surface area contributed by atoms with Crippen LogP contribution in [0.4, 0.5) is 8.78 Å². The molecule has 3 rings (SSSR count). The topological polar surface area (TPSA) is 69.9 Å². The van der Waals surface area contributed by atoms with Gasteiger partial charge in [0.05, 0.1) is 0 Å². The summed E-state index contributed by atoms with van der Waals surface area (Å²) >= 11 is 0. The van der Waals surface area contributed by atoms with Gasteiger partial charge >= 0.3 is 0 Å². The minimum absolute atomic E-state index is 0.0702. The summed E-state index contributed by atoms with van der Waals surface area (Å²) in [7, 11) is 0. The molecule has 0 spiro atoms. The Morgan fingerprint density at radius 2 is 1.59 bits per heavy atom. The Hall–Kier alpha value is -3.54. The van der Waals surface area contributed by atoms with Crippen molar-refractivity contribution in [2.24, 2.45) is 0 Å². The van der Waals surface area contributed by atoms with Crippen LogP contribution in [0.25, 0.3) is 22.3 Å². The summed E-state index contributed by atoms with van der Waals surface area (Å²) in [6.07, 6.45) is -1.25. The van der Waals surface area contributed by atoms with Crippen LogP contribution in [0.3, 0.4) is 0 Å². The molecule has 0 aliphatic heterocycles. The van der Waals surface area contributed by atoms with Crippen LogP contribution in [0.1, 0.15) is 11.1 Å². The van der Waals surface area contributed by atoms with E-state index in [4.69, 9.17) is 4.74 Å². The third kappa shape index (κ3) is 4.32. The van der Waals surface area contributed by atoms with Gasteiger partial charge in [-0.2, -0.15) is 8.78 Å². The average molecular weight is 398 g/mol. The van der Waals surface area contributed by atoms with Crippen LogP contribution in [0.2, 0.25) is 0 Å². The summed E-state index contributed by atoms with van der Waals surface area (Å²) in [6, 6.07) is 13.2. The summed E-state index contributed by atoms with van der Waals surface area (Å²) in [5.74, 6) is 0.0881. The Morgan fingerprint density at radius 3 is 2.21 bits per heavy atom.